The maximum atomic E-state index is 12.6. The molecule has 0 fully saturated rings. The standard InChI is InChI=1S/C19H13NO2.Na/c1-11-10-16(20-15-9-5-4-6-12(11)15)17-18(21)13-7-2-3-8-14(13)19(17)22;/h2-10,21H,1H3;/q;+1/p-1. The van der Waals surface area contributed by atoms with Gasteiger partial charge in [-0.25, -0.2) is 4.98 Å². The van der Waals surface area contributed by atoms with Crippen LogP contribution in [0.5, 0.6) is 0 Å². The topological polar surface area (TPSA) is 53.0 Å². The van der Waals surface area contributed by atoms with E-state index in [0.717, 1.165) is 16.5 Å². The van der Waals surface area contributed by atoms with Crippen LogP contribution in [0.25, 0.3) is 22.2 Å². The van der Waals surface area contributed by atoms with E-state index < -0.39 is 0 Å². The number of benzene rings is 2. The van der Waals surface area contributed by atoms with Crippen molar-refractivity contribution in [3.8, 4) is 0 Å². The van der Waals surface area contributed by atoms with Crippen molar-refractivity contribution in [2.45, 2.75) is 6.92 Å². The van der Waals surface area contributed by atoms with Crippen LogP contribution in [0.2, 0.25) is 0 Å². The van der Waals surface area contributed by atoms with Gasteiger partial charge in [-0.3, -0.25) is 4.79 Å². The summed E-state index contributed by atoms with van der Waals surface area (Å²) in [6.45, 7) is 1.96. The van der Waals surface area contributed by atoms with Crippen molar-refractivity contribution >= 4 is 28.0 Å². The largest absolute Gasteiger partial charge is 1.00 e. The van der Waals surface area contributed by atoms with Gasteiger partial charge < -0.3 is 5.11 Å². The molecule has 1 aliphatic rings. The average Bonchev–Trinajstić information content (AvgIpc) is 2.79. The van der Waals surface area contributed by atoms with Gasteiger partial charge in [0.05, 0.1) is 11.2 Å². The molecule has 1 aromatic heterocycles. The summed E-state index contributed by atoms with van der Waals surface area (Å²) < 4.78 is 0. The van der Waals surface area contributed by atoms with Gasteiger partial charge in [0.25, 0.3) is 0 Å². The first-order valence-electron chi connectivity index (χ1n) is 7.09. The predicted octanol–water partition coefficient (Wildman–Crippen LogP) is -0.0279. The molecule has 1 heterocycles. The molecule has 0 aliphatic heterocycles. The average molecular weight is 309 g/mol. The number of fused-ring (bicyclic) bond motifs is 2. The number of Topliss-reactive ketones (excluding diaryl/α,β-unsaturated/α-hetero) is 1. The summed E-state index contributed by atoms with van der Waals surface area (Å²) in [6.07, 6.45) is 0. The van der Waals surface area contributed by atoms with Gasteiger partial charge in [0.2, 0.25) is 0 Å². The summed E-state index contributed by atoms with van der Waals surface area (Å²) in [4.78, 5) is 17.1. The summed E-state index contributed by atoms with van der Waals surface area (Å²) in [6, 6.07) is 16.5. The van der Waals surface area contributed by atoms with Crippen molar-refractivity contribution in [2.75, 3.05) is 0 Å². The SMILES string of the molecule is Cc1cc(C2=C([O-])c3ccccc3C2=O)nc2ccccc12.[Na+]. The second-order valence-corrected chi connectivity index (χ2v) is 5.42. The van der Waals surface area contributed by atoms with Gasteiger partial charge in [-0.15, -0.1) is 0 Å². The van der Waals surface area contributed by atoms with Gasteiger partial charge in [0.15, 0.2) is 5.78 Å². The molecule has 0 spiro atoms. The third kappa shape index (κ3) is 2.41. The molecule has 0 atom stereocenters. The summed E-state index contributed by atoms with van der Waals surface area (Å²) in [7, 11) is 0. The third-order valence-corrected chi connectivity index (χ3v) is 4.05. The number of aromatic nitrogens is 1. The molecule has 4 rings (SSSR count). The van der Waals surface area contributed by atoms with Gasteiger partial charge in [-0.1, -0.05) is 48.2 Å². The summed E-state index contributed by atoms with van der Waals surface area (Å²) in [5, 5.41) is 13.6. The number of hydrogen-bond donors (Lipinski definition) is 0. The molecular weight excluding hydrogens is 297 g/mol. The van der Waals surface area contributed by atoms with E-state index in [1.165, 1.54) is 0 Å². The van der Waals surface area contributed by atoms with E-state index in [4.69, 9.17) is 0 Å². The predicted molar refractivity (Wildman–Crippen MR) is 84.1 cm³/mol. The number of carbonyl (C=O) groups excluding carboxylic acids is 1. The van der Waals surface area contributed by atoms with Crippen LogP contribution >= 0.6 is 0 Å². The van der Waals surface area contributed by atoms with E-state index in [9.17, 15) is 9.90 Å². The number of hydrogen-bond acceptors (Lipinski definition) is 3. The molecule has 23 heavy (non-hydrogen) atoms. The fourth-order valence-electron chi connectivity index (χ4n) is 2.96. The van der Waals surface area contributed by atoms with Gasteiger partial charge in [-0.05, 0) is 30.2 Å². The molecule has 3 nitrogen and oxygen atoms in total. The Bertz CT molecular complexity index is 976. The molecule has 0 saturated heterocycles. The van der Waals surface area contributed by atoms with E-state index in [1.54, 1.807) is 24.3 Å². The Hall–Kier alpha value is -1.94. The zero-order valence-corrected chi connectivity index (χ0v) is 15.0. The molecule has 106 valence electrons. The Balaban J connectivity index is 0.00000156. The number of para-hydroxylation sites is 1. The maximum Gasteiger partial charge on any atom is 1.00 e. The molecule has 0 amide bonds. The van der Waals surface area contributed by atoms with Crippen molar-refractivity contribution in [1.29, 1.82) is 0 Å². The number of allylic oxidation sites excluding steroid dienone is 1. The molecule has 4 heteroatoms. The van der Waals surface area contributed by atoms with Crippen molar-refractivity contribution in [2.24, 2.45) is 0 Å². The first kappa shape index (κ1) is 15.9. The number of carbonyl (C=O) groups is 1. The number of ketones is 1. The first-order valence-corrected chi connectivity index (χ1v) is 7.09. The zero-order chi connectivity index (χ0) is 15.3. The number of pyridine rings is 1. The molecule has 0 radical (unpaired) electrons. The Morgan fingerprint density at radius 1 is 0.957 bits per heavy atom. The van der Waals surface area contributed by atoms with Crippen molar-refractivity contribution in [3.05, 3.63) is 77.0 Å². The molecule has 0 saturated carbocycles. The molecule has 3 aromatic rings. The van der Waals surface area contributed by atoms with Gasteiger partial charge in [0, 0.05) is 16.5 Å². The molecule has 0 unspecified atom stereocenters. The Kier molecular flexibility index (Phi) is 4.11. The minimum Gasteiger partial charge on any atom is -0.871 e. The fourth-order valence-corrected chi connectivity index (χ4v) is 2.96. The normalized spacial score (nSPS) is 13.2. The monoisotopic (exact) mass is 309 g/mol. The van der Waals surface area contributed by atoms with E-state index in [0.29, 0.717) is 16.8 Å². The Morgan fingerprint density at radius 3 is 2.35 bits per heavy atom. The van der Waals surface area contributed by atoms with E-state index in [1.807, 2.05) is 37.3 Å². The fraction of sp³-hybridized carbons (Fsp3) is 0.0526. The van der Waals surface area contributed by atoms with E-state index >= 15 is 0 Å². The van der Waals surface area contributed by atoms with Crippen LogP contribution in [0.15, 0.2) is 54.6 Å². The van der Waals surface area contributed by atoms with Crippen molar-refractivity contribution < 1.29 is 39.5 Å². The summed E-state index contributed by atoms with van der Waals surface area (Å²) in [5.41, 5.74) is 3.37. The minimum atomic E-state index is -0.234. The number of aryl methyl sites for hydroxylation is 1. The zero-order valence-electron chi connectivity index (χ0n) is 13.0. The molecule has 1 aliphatic carbocycles. The van der Waals surface area contributed by atoms with Crippen LogP contribution in [0.3, 0.4) is 0 Å². The smallest absolute Gasteiger partial charge is 0.871 e. The summed E-state index contributed by atoms with van der Waals surface area (Å²) >= 11 is 0. The third-order valence-electron chi connectivity index (χ3n) is 4.05. The van der Waals surface area contributed by atoms with Crippen LogP contribution in [-0.4, -0.2) is 10.8 Å². The van der Waals surface area contributed by atoms with Crippen molar-refractivity contribution in [1.82, 2.24) is 4.98 Å². The number of rotatable bonds is 1. The second kappa shape index (κ2) is 5.93. The molecule has 2 aromatic carbocycles. The van der Waals surface area contributed by atoms with Crippen LogP contribution < -0.4 is 34.7 Å². The molecule has 0 N–H and O–H groups in total. The van der Waals surface area contributed by atoms with Gasteiger partial charge in [0.1, 0.15) is 0 Å². The summed E-state index contributed by atoms with van der Waals surface area (Å²) in [5.74, 6) is -0.467. The maximum absolute atomic E-state index is 12.6. The van der Waals surface area contributed by atoms with Gasteiger partial charge in [-0.2, -0.15) is 0 Å². The minimum absolute atomic E-state index is 0. The second-order valence-electron chi connectivity index (χ2n) is 5.42. The van der Waals surface area contributed by atoms with Crippen LogP contribution in [-0.2, 0) is 0 Å². The van der Waals surface area contributed by atoms with Crippen LogP contribution in [0, 0.1) is 6.92 Å². The first-order chi connectivity index (χ1) is 10.7. The Labute approximate surface area is 156 Å². The van der Waals surface area contributed by atoms with E-state index in [2.05, 4.69) is 4.98 Å². The van der Waals surface area contributed by atoms with Crippen molar-refractivity contribution in [3.63, 3.8) is 0 Å². The molecular formula is C19H12NNaO2. The van der Waals surface area contributed by atoms with Crippen LogP contribution in [0.1, 0.15) is 27.2 Å². The van der Waals surface area contributed by atoms with Crippen LogP contribution in [0.4, 0.5) is 0 Å². The molecule has 0 bridgehead atoms. The van der Waals surface area contributed by atoms with E-state index in [-0.39, 0.29) is 46.7 Å². The Morgan fingerprint density at radius 2 is 1.61 bits per heavy atom. The van der Waals surface area contributed by atoms with Gasteiger partial charge >= 0.3 is 29.6 Å². The quantitative estimate of drug-likeness (QED) is 0.593. The number of nitrogens with zero attached hydrogens (tertiary/aromatic N) is 1.